The van der Waals surface area contributed by atoms with E-state index in [1.165, 1.54) is 5.56 Å². The molecule has 0 aliphatic carbocycles. The number of amides is 1. The first-order chi connectivity index (χ1) is 13.8. The minimum atomic E-state index is -0.209. The van der Waals surface area contributed by atoms with Crippen LogP contribution in [-0.4, -0.2) is 48.2 Å². The molecule has 1 saturated heterocycles. The highest BCUT2D eigenvalue weighted by atomic mass is 16.2. The first-order valence-corrected chi connectivity index (χ1v) is 9.94. The number of carbonyl (C=O) groups excluding carboxylic acids is 1. The SMILES string of the molecule is CCC(C(=O)N1CCC(c2nccn2Cc2cccnc2)CC1)n1cccn1. The molecule has 0 radical (unpaired) electrons. The molecule has 1 unspecified atom stereocenters. The number of likely N-dealkylation sites (tertiary alicyclic amines) is 1. The van der Waals surface area contributed by atoms with Gasteiger partial charge in [-0.25, -0.2) is 4.98 Å². The first kappa shape index (κ1) is 18.4. The number of hydrogen-bond acceptors (Lipinski definition) is 4. The average Bonchev–Trinajstić information content (AvgIpc) is 3.42. The molecule has 1 atom stereocenters. The molecule has 4 rings (SSSR count). The predicted octanol–water partition coefficient (Wildman–Crippen LogP) is 2.88. The van der Waals surface area contributed by atoms with E-state index in [1.54, 1.807) is 17.1 Å². The Morgan fingerprint density at radius 1 is 1.18 bits per heavy atom. The van der Waals surface area contributed by atoms with Gasteiger partial charge in [-0.05, 0) is 37.0 Å². The zero-order valence-corrected chi connectivity index (χ0v) is 16.2. The summed E-state index contributed by atoms with van der Waals surface area (Å²) in [6, 6.07) is 5.70. The lowest BCUT2D eigenvalue weighted by molar-refractivity contribution is -0.136. The number of pyridine rings is 1. The molecule has 0 saturated carbocycles. The third-order valence-corrected chi connectivity index (χ3v) is 5.51. The molecule has 4 heterocycles. The smallest absolute Gasteiger partial charge is 0.247 e. The van der Waals surface area contributed by atoms with Gasteiger partial charge >= 0.3 is 0 Å². The summed E-state index contributed by atoms with van der Waals surface area (Å²) in [7, 11) is 0. The zero-order valence-electron chi connectivity index (χ0n) is 16.2. The third kappa shape index (κ3) is 3.83. The topological polar surface area (TPSA) is 68.8 Å². The molecular formula is C21H26N6O. The van der Waals surface area contributed by atoms with Crippen LogP contribution in [0.5, 0.6) is 0 Å². The molecule has 0 N–H and O–H groups in total. The van der Waals surface area contributed by atoms with E-state index in [4.69, 9.17) is 0 Å². The van der Waals surface area contributed by atoms with Crippen molar-refractivity contribution in [1.82, 2.24) is 29.2 Å². The largest absolute Gasteiger partial charge is 0.341 e. The summed E-state index contributed by atoms with van der Waals surface area (Å²) in [6.07, 6.45) is 13.8. The van der Waals surface area contributed by atoms with Crippen molar-refractivity contribution < 1.29 is 4.79 Å². The third-order valence-electron chi connectivity index (χ3n) is 5.51. The summed E-state index contributed by atoms with van der Waals surface area (Å²) in [5.74, 6) is 1.65. The van der Waals surface area contributed by atoms with E-state index >= 15 is 0 Å². The van der Waals surface area contributed by atoms with Crippen LogP contribution in [0.2, 0.25) is 0 Å². The number of carbonyl (C=O) groups is 1. The second-order valence-corrected chi connectivity index (χ2v) is 7.28. The van der Waals surface area contributed by atoms with Crippen LogP contribution in [0.3, 0.4) is 0 Å². The summed E-state index contributed by atoms with van der Waals surface area (Å²) in [5, 5.41) is 4.26. The number of aromatic nitrogens is 5. The molecular weight excluding hydrogens is 352 g/mol. The lowest BCUT2D eigenvalue weighted by Gasteiger charge is -2.34. The maximum atomic E-state index is 13.0. The lowest BCUT2D eigenvalue weighted by Crippen LogP contribution is -2.42. The summed E-state index contributed by atoms with van der Waals surface area (Å²) >= 11 is 0. The Kier molecular flexibility index (Phi) is 5.50. The van der Waals surface area contributed by atoms with Crippen molar-refractivity contribution in [3.8, 4) is 0 Å². The van der Waals surface area contributed by atoms with Crippen LogP contribution in [-0.2, 0) is 11.3 Å². The Morgan fingerprint density at radius 3 is 2.71 bits per heavy atom. The molecule has 0 bridgehead atoms. The van der Waals surface area contributed by atoms with Crippen LogP contribution in [0.1, 0.15) is 49.5 Å². The van der Waals surface area contributed by atoms with E-state index in [1.807, 2.05) is 48.7 Å². The van der Waals surface area contributed by atoms with Gasteiger partial charge in [0, 0.05) is 56.2 Å². The number of hydrogen-bond donors (Lipinski definition) is 0. The minimum Gasteiger partial charge on any atom is -0.341 e. The summed E-state index contributed by atoms with van der Waals surface area (Å²) < 4.78 is 3.98. The molecule has 7 nitrogen and oxygen atoms in total. The highest BCUT2D eigenvalue weighted by molar-refractivity contribution is 5.80. The van der Waals surface area contributed by atoms with Crippen molar-refractivity contribution in [1.29, 1.82) is 0 Å². The van der Waals surface area contributed by atoms with Gasteiger partial charge in [0.15, 0.2) is 0 Å². The molecule has 0 aromatic carbocycles. The van der Waals surface area contributed by atoms with Crippen LogP contribution >= 0.6 is 0 Å². The van der Waals surface area contributed by atoms with E-state index in [0.717, 1.165) is 44.7 Å². The zero-order chi connectivity index (χ0) is 19.3. The van der Waals surface area contributed by atoms with Crippen LogP contribution in [0.4, 0.5) is 0 Å². The lowest BCUT2D eigenvalue weighted by atomic mass is 9.95. The maximum absolute atomic E-state index is 13.0. The van der Waals surface area contributed by atoms with Gasteiger partial charge in [0.25, 0.3) is 0 Å². The van der Waals surface area contributed by atoms with Crippen LogP contribution in [0.15, 0.2) is 55.4 Å². The monoisotopic (exact) mass is 378 g/mol. The molecule has 7 heteroatoms. The van der Waals surface area contributed by atoms with Gasteiger partial charge in [0.1, 0.15) is 11.9 Å². The molecule has 1 aliphatic rings. The van der Waals surface area contributed by atoms with E-state index in [-0.39, 0.29) is 11.9 Å². The number of piperidine rings is 1. The fourth-order valence-corrected chi connectivity index (χ4v) is 4.01. The maximum Gasteiger partial charge on any atom is 0.247 e. The van der Waals surface area contributed by atoms with Gasteiger partial charge < -0.3 is 9.47 Å². The van der Waals surface area contributed by atoms with Crippen molar-refractivity contribution in [2.75, 3.05) is 13.1 Å². The molecule has 146 valence electrons. The Morgan fingerprint density at radius 2 is 2.04 bits per heavy atom. The van der Waals surface area contributed by atoms with Crippen molar-refractivity contribution in [3.63, 3.8) is 0 Å². The molecule has 3 aromatic heterocycles. The molecule has 1 aliphatic heterocycles. The van der Waals surface area contributed by atoms with Crippen molar-refractivity contribution >= 4 is 5.91 Å². The quantitative estimate of drug-likeness (QED) is 0.661. The second kappa shape index (κ2) is 8.37. The minimum absolute atomic E-state index is 0.170. The van der Waals surface area contributed by atoms with Gasteiger partial charge in [0.05, 0.1) is 6.54 Å². The standard InChI is InChI=1S/C21H26N6O/c1-2-19(27-11-4-9-24-27)21(28)25-12-6-18(7-13-25)20-23-10-14-26(20)16-17-5-3-8-22-15-17/h3-5,8-11,14-15,18-19H,2,6-7,12-13,16H2,1H3. The summed E-state index contributed by atoms with van der Waals surface area (Å²) in [5.41, 5.74) is 1.17. The van der Waals surface area contributed by atoms with Gasteiger partial charge in [-0.3, -0.25) is 14.5 Å². The van der Waals surface area contributed by atoms with Gasteiger partial charge in [-0.2, -0.15) is 5.10 Å². The van der Waals surface area contributed by atoms with E-state index < -0.39 is 0 Å². The van der Waals surface area contributed by atoms with E-state index in [9.17, 15) is 4.79 Å². The number of nitrogens with zero attached hydrogens (tertiary/aromatic N) is 6. The van der Waals surface area contributed by atoms with Crippen molar-refractivity contribution in [2.24, 2.45) is 0 Å². The highest BCUT2D eigenvalue weighted by Crippen LogP contribution is 2.29. The average molecular weight is 378 g/mol. The molecule has 0 spiro atoms. The van der Waals surface area contributed by atoms with Gasteiger partial charge in [0.2, 0.25) is 5.91 Å². The summed E-state index contributed by atoms with van der Waals surface area (Å²) in [6.45, 7) is 4.34. The highest BCUT2D eigenvalue weighted by Gasteiger charge is 2.30. The van der Waals surface area contributed by atoms with Gasteiger partial charge in [-0.1, -0.05) is 13.0 Å². The molecule has 28 heavy (non-hydrogen) atoms. The van der Waals surface area contributed by atoms with Crippen LogP contribution in [0.25, 0.3) is 0 Å². The number of rotatable bonds is 6. The van der Waals surface area contributed by atoms with E-state index in [0.29, 0.717) is 5.92 Å². The van der Waals surface area contributed by atoms with Crippen LogP contribution in [0, 0.1) is 0 Å². The Bertz CT molecular complexity index is 881. The first-order valence-electron chi connectivity index (χ1n) is 9.94. The Labute approximate surface area is 165 Å². The van der Waals surface area contributed by atoms with Crippen LogP contribution < -0.4 is 0 Å². The molecule has 1 fully saturated rings. The fourth-order valence-electron chi connectivity index (χ4n) is 4.01. The summed E-state index contributed by atoms with van der Waals surface area (Å²) in [4.78, 5) is 23.8. The molecule has 1 amide bonds. The fraction of sp³-hybridized carbons (Fsp3) is 0.429. The second-order valence-electron chi connectivity index (χ2n) is 7.28. The van der Waals surface area contributed by atoms with Crippen molar-refractivity contribution in [2.45, 2.75) is 44.7 Å². The van der Waals surface area contributed by atoms with Gasteiger partial charge in [-0.15, -0.1) is 0 Å². The van der Waals surface area contributed by atoms with Crippen molar-refractivity contribution in [3.05, 3.63) is 66.8 Å². The molecule has 3 aromatic rings. The Hall–Kier alpha value is -2.96. The van der Waals surface area contributed by atoms with E-state index in [2.05, 4.69) is 25.7 Å². The normalized spacial score (nSPS) is 16.2. The predicted molar refractivity (Wildman–Crippen MR) is 106 cm³/mol. The number of imidazole rings is 1. The Balaban J connectivity index is 1.40.